The van der Waals surface area contributed by atoms with Gasteiger partial charge in [-0.1, -0.05) is 31.4 Å². The maximum absolute atomic E-state index is 13.1. The second-order valence-electron chi connectivity index (χ2n) is 6.74. The fourth-order valence-corrected chi connectivity index (χ4v) is 3.24. The minimum absolute atomic E-state index is 0.102. The van der Waals surface area contributed by atoms with Gasteiger partial charge >= 0.3 is 6.18 Å². The van der Waals surface area contributed by atoms with Crippen molar-refractivity contribution in [2.24, 2.45) is 0 Å². The number of carbonyl (C=O) groups is 2. The molecule has 2 aromatic rings. The molecule has 1 heterocycles. The first-order valence-electron chi connectivity index (χ1n) is 9.09. The van der Waals surface area contributed by atoms with Gasteiger partial charge in [0, 0.05) is 17.8 Å². The Hall–Kier alpha value is -2.90. The van der Waals surface area contributed by atoms with Gasteiger partial charge in [-0.3, -0.25) is 14.6 Å². The van der Waals surface area contributed by atoms with Crippen LogP contribution in [0.25, 0.3) is 0 Å². The number of amides is 2. The SMILES string of the molecule is O=C(NC1CCCCC1)c1ccnc(C(=O)Nc2ccccc2C(F)(F)F)c1. The molecule has 8 heteroatoms. The third-order valence-corrected chi connectivity index (χ3v) is 4.68. The Morgan fingerprint density at radius 1 is 1.00 bits per heavy atom. The summed E-state index contributed by atoms with van der Waals surface area (Å²) >= 11 is 0. The molecule has 5 nitrogen and oxygen atoms in total. The maximum atomic E-state index is 13.1. The minimum Gasteiger partial charge on any atom is -0.349 e. The van der Waals surface area contributed by atoms with Crippen molar-refractivity contribution in [1.29, 1.82) is 0 Å². The first kappa shape index (κ1) is 19.9. The summed E-state index contributed by atoms with van der Waals surface area (Å²) in [7, 11) is 0. The molecule has 0 unspecified atom stereocenters. The summed E-state index contributed by atoms with van der Waals surface area (Å²) in [6.45, 7) is 0. The molecule has 148 valence electrons. The second kappa shape index (κ2) is 8.41. The third kappa shape index (κ3) is 4.88. The number of rotatable bonds is 4. The van der Waals surface area contributed by atoms with Crippen molar-refractivity contribution in [2.45, 2.75) is 44.3 Å². The molecule has 28 heavy (non-hydrogen) atoms. The van der Waals surface area contributed by atoms with Crippen molar-refractivity contribution in [3.05, 3.63) is 59.4 Å². The Kier molecular flexibility index (Phi) is 5.96. The minimum atomic E-state index is -4.60. The van der Waals surface area contributed by atoms with Crippen LogP contribution in [0.4, 0.5) is 18.9 Å². The van der Waals surface area contributed by atoms with Gasteiger partial charge in [0.05, 0.1) is 11.3 Å². The van der Waals surface area contributed by atoms with Crippen LogP contribution in [0.2, 0.25) is 0 Å². The summed E-state index contributed by atoms with van der Waals surface area (Å²) in [5, 5.41) is 5.16. The standard InChI is InChI=1S/C20H20F3N3O2/c21-20(22,23)15-8-4-5-9-16(15)26-19(28)17-12-13(10-11-24-17)18(27)25-14-6-2-1-3-7-14/h4-5,8-12,14H,1-3,6-7H2,(H,25,27)(H,26,28). The van der Waals surface area contributed by atoms with Crippen molar-refractivity contribution in [1.82, 2.24) is 10.3 Å². The highest BCUT2D eigenvalue weighted by Gasteiger charge is 2.33. The summed E-state index contributed by atoms with van der Waals surface area (Å²) in [5.41, 5.74) is -1.20. The Bertz CT molecular complexity index is 862. The van der Waals surface area contributed by atoms with Crippen LogP contribution in [-0.4, -0.2) is 22.8 Å². The van der Waals surface area contributed by atoms with E-state index in [0.29, 0.717) is 0 Å². The molecular formula is C20H20F3N3O2. The summed E-state index contributed by atoms with van der Waals surface area (Å²) < 4.78 is 39.2. The number of alkyl halides is 3. The van der Waals surface area contributed by atoms with E-state index in [4.69, 9.17) is 0 Å². The number of hydrogen-bond donors (Lipinski definition) is 2. The molecule has 1 aliphatic carbocycles. The summed E-state index contributed by atoms with van der Waals surface area (Å²) in [6.07, 6.45) is 1.81. The van der Waals surface area contributed by atoms with Crippen molar-refractivity contribution in [3.8, 4) is 0 Å². The molecule has 0 bridgehead atoms. The van der Waals surface area contributed by atoms with Crippen molar-refractivity contribution in [2.75, 3.05) is 5.32 Å². The van der Waals surface area contributed by atoms with Crippen LogP contribution >= 0.6 is 0 Å². The van der Waals surface area contributed by atoms with E-state index in [1.54, 1.807) is 0 Å². The third-order valence-electron chi connectivity index (χ3n) is 4.68. The molecule has 1 saturated carbocycles. The zero-order chi connectivity index (χ0) is 20.1. The van der Waals surface area contributed by atoms with Gasteiger partial charge in [0.2, 0.25) is 0 Å². The first-order chi connectivity index (χ1) is 13.3. The lowest BCUT2D eigenvalue weighted by Gasteiger charge is -2.22. The van der Waals surface area contributed by atoms with E-state index in [1.807, 2.05) is 0 Å². The molecule has 0 radical (unpaired) electrons. The Labute approximate surface area is 160 Å². The van der Waals surface area contributed by atoms with Gasteiger partial charge in [-0.2, -0.15) is 13.2 Å². The molecule has 0 spiro atoms. The normalized spacial score (nSPS) is 15.1. The molecule has 1 fully saturated rings. The molecule has 1 aromatic carbocycles. The Morgan fingerprint density at radius 2 is 1.71 bits per heavy atom. The highest BCUT2D eigenvalue weighted by atomic mass is 19.4. The van der Waals surface area contributed by atoms with Gasteiger partial charge < -0.3 is 10.6 Å². The monoisotopic (exact) mass is 391 g/mol. The predicted molar refractivity (Wildman–Crippen MR) is 98.0 cm³/mol. The molecule has 0 saturated heterocycles. The van der Waals surface area contributed by atoms with Gasteiger partial charge in [0.1, 0.15) is 5.69 Å². The van der Waals surface area contributed by atoms with Gasteiger partial charge in [0.15, 0.2) is 0 Å². The highest BCUT2D eigenvalue weighted by molar-refractivity contribution is 6.05. The molecule has 0 atom stereocenters. The zero-order valence-electron chi connectivity index (χ0n) is 15.1. The largest absolute Gasteiger partial charge is 0.418 e. The molecule has 1 aromatic heterocycles. The fourth-order valence-electron chi connectivity index (χ4n) is 3.24. The fraction of sp³-hybridized carbons (Fsp3) is 0.350. The maximum Gasteiger partial charge on any atom is 0.418 e. The number of benzene rings is 1. The number of hydrogen-bond acceptors (Lipinski definition) is 3. The highest BCUT2D eigenvalue weighted by Crippen LogP contribution is 2.34. The van der Waals surface area contributed by atoms with Crippen LogP contribution < -0.4 is 10.6 Å². The van der Waals surface area contributed by atoms with E-state index in [0.717, 1.165) is 38.2 Å². The van der Waals surface area contributed by atoms with Gasteiger partial charge in [0.25, 0.3) is 11.8 Å². The number of carbonyl (C=O) groups excluding carboxylic acids is 2. The van der Waals surface area contributed by atoms with E-state index in [2.05, 4.69) is 15.6 Å². The zero-order valence-corrected chi connectivity index (χ0v) is 15.1. The quantitative estimate of drug-likeness (QED) is 0.811. The smallest absolute Gasteiger partial charge is 0.349 e. The van der Waals surface area contributed by atoms with Crippen molar-refractivity contribution >= 4 is 17.5 Å². The number of anilines is 1. The average Bonchev–Trinajstić information content (AvgIpc) is 2.68. The van der Waals surface area contributed by atoms with Gasteiger partial charge in [-0.25, -0.2) is 0 Å². The number of aromatic nitrogens is 1. The van der Waals surface area contributed by atoms with Crippen LogP contribution in [0.1, 0.15) is 58.5 Å². The summed E-state index contributed by atoms with van der Waals surface area (Å²) in [5.74, 6) is -1.14. The second-order valence-corrected chi connectivity index (χ2v) is 6.74. The summed E-state index contributed by atoms with van der Waals surface area (Å²) in [6, 6.07) is 7.55. The number of halogens is 3. The molecule has 1 aliphatic rings. The van der Waals surface area contributed by atoms with Crippen LogP contribution in [0.3, 0.4) is 0 Å². The van der Waals surface area contributed by atoms with E-state index in [-0.39, 0.29) is 28.9 Å². The molecular weight excluding hydrogens is 371 g/mol. The van der Waals surface area contributed by atoms with Crippen LogP contribution in [0.15, 0.2) is 42.6 Å². The van der Waals surface area contributed by atoms with E-state index in [1.165, 1.54) is 36.5 Å². The molecule has 2 amide bonds. The van der Waals surface area contributed by atoms with Crippen molar-refractivity contribution in [3.63, 3.8) is 0 Å². The lowest BCUT2D eigenvalue weighted by Crippen LogP contribution is -2.36. The van der Waals surface area contributed by atoms with E-state index >= 15 is 0 Å². The molecule has 3 rings (SSSR count). The van der Waals surface area contributed by atoms with Crippen LogP contribution in [-0.2, 0) is 6.18 Å². The van der Waals surface area contributed by atoms with E-state index < -0.39 is 17.6 Å². The molecule has 2 N–H and O–H groups in total. The Balaban J connectivity index is 1.73. The first-order valence-corrected chi connectivity index (χ1v) is 9.09. The number of para-hydroxylation sites is 1. The van der Waals surface area contributed by atoms with Gasteiger partial charge in [-0.05, 0) is 37.1 Å². The van der Waals surface area contributed by atoms with Gasteiger partial charge in [-0.15, -0.1) is 0 Å². The Morgan fingerprint density at radius 3 is 2.43 bits per heavy atom. The number of nitrogens with one attached hydrogen (secondary N) is 2. The lowest BCUT2D eigenvalue weighted by atomic mass is 9.95. The van der Waals surface area contributed by atoms with E-state index in [9.17, 15) is 22.8 Å². The average molecular weight is 391 g/mol. The van der Waals surface area contributed by atoms with Crippen LogP contribution in [0, 0.1) is 0 Å². The predicted octanol–water partition coefficient (Wildman–Crippen LogP) is 4.42. The lowest BCUT2D eigenvalue weighted by molar-refractivity contribution is -0.136. The number of nitrogens with zero attached hydrogens (tertiary/aromatic N) is 1. The number of pyridine rings is 1. The van der Waals surface area contributed by atoms with Crippen LogP contribution in [0.5, 0.6) is 0 Å². The topological polar surface area (TPSA) is 71.1 Å². The summed E-state index contributed by atoms with van der Waals surface area (Å²) in [4.78, 5) is 28.7. The van der Waals surface area contributed by atoms with Crippen molar-refractivity contribution < 1.29 is 22.8 Å². The molecule has 0 aliphatic heterocycles.